The number of halogens is 6. The van der Waals surface area contributed by atoms with Crippen LogP contribution in [0.25, 0.3) is 0 Å². The minimum atomic E-state index is -5.00. The molecular formula is C15H14F6O3. The fraction of sp³-hybridized carbons (Fsp3) is 0.467. The highest BCUT2D eigenvalue weighted by Gasteiger charge is 2.37. The SMILES string of the molecule is O=C(O)CCCCCC(=O)c1cc(C(F)(F)F)cc(C(F)(F)F)c1. The molecule has 134 valence electrons. The molecule has 0 bridgehead atoms. The topological polar surface area (TPSA) is 54.4 Å². The Hall–Kier alpha value is -2.06. The lowest BCUT2D eigenvalue weighted by molar-refractivity contribution is -0.143. The van der Waals surface area contributed by atoms with Gasteiger partial charge < -0.3 is 5.11 Å². The summed E-state index contributed by atoms with van der Waals surface area (Å²) in [5.74, 6) is -1.86. The van der Waals surface area contributed by atoms with Crippen LogP contribution in [0.4, 0.5) is 26.3 Å². The molecule has 0 spiro atoms. The van der Waals surface area contributed by atoms with Crippen molar-refractivity contribution < 1.29 is 41.0 Å². The lowest BCUT2D eigenvalue weighted by Gasteiger charge is -2.13. The van der Waals surface area contributed by atoms with Gasteiger partial charge in [0.25, 0.3) is 0 Å². The molecule has 0 aliphatic rings. The predicted octanol–water partition coefficient (Wildman–Crippen LogP) is 4.94. The van der Waals surface area contributed by atoms with Crippen molar-refractivity contribution in [2.24, 2.45) is 0 Å². The van der Waals surface area contributed by atoms with Gasteiger partial charge in [-0.25, -0.2) is 0 Å². The summed E-state index contributed by atoms with van der Waals surface area (Å²) in [7, 11) is 0. The van der Waals surface area contributed by atoms with Crippen LogP contribution >= 0.6 is 0 Å². The van der Waals surface area contributed by atoms with Gasteiger partial charge in [0.1, 0.15) is 0 Å². The summed E-state index contributed by atoms with van der Waals surface area (Å²) in [6.45, 7) is 0. The molecule has 1 aromatic rings. The smallest absolute Gasteiger partial charge is 0.416 e. The van der Waals surface area contributed by atoms with Crippen LogP contribution in [0.3, 0.4) is 0 Å². The van der Waals surface area contributed by atoms with Gasteiger partial charge >= 0.3 is 18.3 Å². The zero-order chi connectivity index (χ0) is 18.5. The average Bonchev–Trinajstić information content (AvgIpc) is 2.44. The maximum Gasteiger partial charge on any atom is 0.416 e. The van der Waals surface area contributed by atoms with Crippen LogP contribution in [-0.2, 0) is 17.1 Å². The Balaban J connectivity index is 2.89. The highest BCUT2D eigenvalue weighted by Crippen LogP contribution is 2.36. The van der Waals surface area contributed by atoms with Gasteiger partial charge in [0, 0.05) is 18.4 Å². The maximum absolute atomic E-state index is 12.7. The Kier molecular flexibility index (Phi) is 6.39. The summed E-state index contributed by atoms with van der Waals surface area (Å²) in [6.07, 6.45) is -9.57. The zero-order valence-electron chi connectivity index (χ0n) is 12.3. The molecular weight excluding hydrogens is 342 g/mol. The number of ketones is 1. The van der Waals surface area contributed by atoms with E-state index in [2.05, 4.69) is 0 Å². The van der Waals surface area contributed by atoms with Gasteiger partial charge in [0.15, 0.2) is 5.78 Å². The number of aliphatic carboxylic acids is 1. The summed E-state index contributed by atoms with van der Waals surface area (Å²) in [5, 5.41) is 8.43. The van der Waals surface area contributed by atoms with Crippen molar-refractivity contribution in [3.05, 3.63) is 34.9 Å². The first-order chi connectivity index (χ1) is 10.9. The first kappa shape index (κ1) is 20.0. The fourth-order valence-corrected chi connectivity index (χ4v) is 2.00. The monoisotopic (exact) mass is 356 g/mol. The molecule has 0 heterocycles. The van der Waals surface area contributed by atoms with Crippen LogP contribution in [0, 0.1) is 0 Å². The van der Waals surface area contributed by atoms with Crippen LogP contribution in [0.2, 0.25) is 0 Å². The first-order valence-electron chi connectivity index (χ1n) is 6.95. The van der Waals surface area contributed by atoms with Crippen molar-refractivity contribution in [3.63, 3.8) is 0 Å². The Morgan fingerprint density at radius 2 is 1.25 bits per heavy atom. The fourth-order valence-electron chi connectivity index (χ4n) is 2.00. The summed E-state index contributed by atoms with van der Waals surface area (Å²) in [6, 6.07) is 0.757. The number of carbonyl (C=O) groups is 2. The minimum absolute atomic E-state index is 0.0381. The van der Waals surface area contributed by atoms with Crippen molar-refractivity contribution in [2.75, 3.05) is 0 Å². The summed E-state index contributed by atoms with van der Waals surface area (Å²) in [4.78, 5) is 22.1. The number of alkyl halides is 6. The molecule has 1 rings (SSSR count). The molecule has 0 saturated heterocycles. The van der Waals surface area contributed by atoms with E-state index in [1.54, 1.807) is 0 Å². The van der Waals surface area contributed by atoms with Crippen LogP contribution in [0.15, 0.2) is 18.2 Å². The first-order valence-corrected chi connectivity index (χ1v) is 6.95. The lowest BCUT2D eigenvalue weighted by atomic mass is 9.99. The molecule has 0 unspecified atom stereocenters. The second kappa shape index (κ2) is 7.67. The number of benzene rings is 1. The number of carbonyl (C=O) groups excluding carboxylic acids is 1. The van der Waals surface area contributed by atoms with Crippen molar-refractivity contribution in [2.45, 2.75) is 44.5 Å². The molecule has 0 amide bonds. The zero-order valence-corrected chi connectivity index (χ0v) is 12.3. The molecule has 0 saturated carbocycles. The van der Waals surface area contributed by atoms with Gasteiger partial charge in [0.05, 0.1) is 11.1 Å². The second-order valence-electron chi connectivity index (χ2n) is 5.17. The molecule has 1 N–H and O–H groups in total. The van der Waals surface area contributed by atoms with Gasteiger partial charge in [-0.1, -0.05) is 6.42 Å². The molecule has 1 aromatic carbocycles. The largest absolute Gasteiger partial charge is 0.481 e. The van der Waals surface area contributed by atoms with Gasteiger partial charge in [-0.15, -0.1) is 0 Å². The van der Waals surface area contributed by atoms with E-state index < -0.39 is 40.8 Å². The third kappa shape index (κ3) is 6.21. The predicted molar refractivity (Wildman–Crippen MR) is 71.5 cm³/mol. The Morgan fingerprint density at radius 3 is 1.67 bits per heavy atom. The highest BCUT2D eigenvalue weighted by molar-refractivity contribution is 5.96. The van der Waals surface area contributed by atoms with Crippen LogP contribution in [-0.4, -0.2) is 16.9 Å². The van der Waals surface area contributed by atoms with Gasteiger partial charge in [-0.05, 0) is 31.0 Å². The maximum atomic E-state index is 12.7. The second-order valence-corrected chi connectivity index (χ2v) is 5.17. The Labute approximate surface area is 133 Å². The van der Waals surface area contributed by atoms with E-state index in [0.717, 1.165) is 0 Å². The number of hydrogen-bond donors (Lipinski definition) is 1. The summed E-state index contributed by atoms with van der Waals surface area (Å²) >= 11 is 0. The van der Waals surface area contributed by atoms with E-state index in [1.165, 1.54) is 0 Å². The van der Waals surface area contributed by atoms with Crippen molar-refractivity contribution in [3.8, 4) is 0 Å². The van der Waals surface area contributed by atoms with E-state index in [4.69, 9.17) is 5.11 Å². The molecule has 0 radical (unpaired) electrons. The molecule has 3 nitrogen and oxygen atoms in total. The van der Waals surface area contributed by atoms with Crippen molar-refractivity contribution in [1.82, 2.24) is 0 Å². The van der Waals surface area contributed by atoms with E-state index in [0.29, 0.717) is 18.6 Å². The Morgan fingerprint density at radius 1 is 0.792 bits per heavy atom. The van der Waals surface area contributed by atoms with Gasteiger partial charge in [0.2, 0.25) is 0 Å². The van der Waals surface area contributed by atoms with E-state index in [1.807, 2.05) is 0 Å². The summed E-state index contributed by atoms with van der Waals surface area (Å²) < 4.78 is 76.2. The van der Waals surface area contributed by atoms with Crippen LogP contribution in [0.1, 0.15) is 53.6 Å². The lowest BCUT2D eigenvalue weighted by Crippen LogP contribution is -2.13. The number of carboxylic acids is 1. The minimum Gasteiger partial charge on any atom is -0.481 e. The molecule has 0 aromatic heterocycles. The molecule has 0 fully saturated rings. The number of Topliss-reactive ketones (excluding diaryl/α,β-unsaturated/α-hetero) is 1. The van der Waals surface area contributed by atoms with Crippen molar-refractivity contribution in [1.29, 1.82) is 0 Å². The number of hydrogen-bond acceptors (Lipinski definition) is 2. The third-order valence-corrected chi connectivity index (χ3v) is 3.20. The Bertz CT molecular complexity index is 572. The van der Waals surface area contributed by atoms with E-state index in [-0.39, 0.29) is 31.7 Å². The van der Waals surface area contributed by atoms with E-state index in [9.17, 15) is 35.9 Å². The molecule has 0 atom stereocenters. The molecule has 0 aliphatic heterocycles. The molecule has 9 heteroatoms. The molecule has 0 aliphatic carbocycles. The van der Waals surface area contributed by atoms with E-state index >= 15 is 0 Å². The van der Waals surface area contributed by atoms with Crippen LogP contribution in [0.5, 0.6) is 0 Å². The third-order valence-electron chi connectivity index (χ3n) is 3.20. The normalized spacial score (nSPS) is 12.2. The number of unbranched alkanes of at least 4 members (excludes halogenated alkanes) is 2. The summed E-state index contributed by atoms with van der Waals surface area (Å²) in [5.41, 5.74) is -3.73. The van der Waals surface area contributed by atoms with Crippen molar-refractivity contribution >= 4 is 11.8 Å². The van der Waals surface area contributed by atoms with Gasteiger partial charge in [-0.3, -0.25) is 9.59 Å². The standard InChI is InChI=1S/C15H14F6O3/c16-14(17,18)10-6-9(7-11(8-10)15(19,20)21)12(22)4-2-1-3-5-13(23)24/h6-8H,1-5H2,(H,23,24). The number of carboxylic acid groups (broad SMARTS) is 1. The van der Waals surface area contributed by atoms with Gasteiger partial charge in [-0.2, -0.15) is 26.3 Å². The average molecular weight is 356 g/mol. The highest BCUT2D eigenvalue weighted by atomic mass is 19.4. The number of rotatable bonds is 7. The quantitative estimate of drug-likeness (QED) is 0.428. The van der Waals surface area contributed by atoms with Crippen LogP contribution < -0.4 is 0 Å². The molecule has 24 heavy (non-hydrogen) atoms.